The molecular weight excluding hydrogens is 522 g/mol. The van der Waals surface area contributed by atoms with Crippen LogP contribution in [0.3, 0.4) is 0 Å². The van der Waals surface area contributed by atoms with Gasteiger partial charge in [0.15, 0.2) is 0 Å². The van der Waals surface area contributed by atoms with E-state index in [1.807, 2.05) is 6.07 Å². The summed E-state index contributed by atoms with van der Waals surface area (Å²) in [6, 6.07) is 14.6. The number of carbonyl (C=O) groups excluding carboxylic acids is 2. The molecule has 3 amide bonds. The number of rotatable bonds is 4. The third-order valence-corrected chi connectivity index (χ3v) is 10.5. The molecule has 3 N–H and O–H groups in total. The predicted octanol–water partition coefficient (Wildman–Crippen LogP) is 5.31. The van der Waals surface area contributed by atoms with Crippen LogP contribution in [0.4, 0.5) is 4.79 Å². The van der Waals surface area contributed by atoms with Gasteiger partial charge in [-0.05, 0) is 67.6 Å². The Morgan fingerprint density at radius 3 is 2.62 bits per heavy atom. The Bertz CT molecular complexity index is 1220. The number of pyridine rings is 1. The Balaban J connectivity index is 1.30. The van der Waals surface area contributed by atoms with E-state index in [9.17, 15) is 9.59 Å². The van der Waals surface area contributed by atoms with Crippen LogP contribution in [0.5, 0.6) is 0 Å². The number of benzene rings is 1. The van der Waals surface area contributed by atoms with Gasteiger partial charge in [-0.3, -0.25) is 4.79 Å². The van der Waals surface area contributed by atoms with Crippen molar-refractivity contribution in [2.45, 2.75) is 81.2 Å². The molecule has 4 aliphatic rings. The van der Waals surface area contributed by atoms with Crippen LogP contribution in [0.1, 0.15) is 86.6 Å². The first-order chi connectivity index (χ1) is 19.5. The summed E-state index contributed by atoms with van der Waals surface area (Å²) in [6.07, 6.45) is 9.91. The zero-order chi connectivity index (χ0) is 27.7. The summed E-state index contributed by atoms with van der Waals surface area (Å²) < 4.78 is 0. The van der Waals surface area contributed by atoms with Crippen molar-refractivity contribution in [3.8, 4) is 0 Å². The molecule has 2 saturated heterocycles. The summed E-state index contributed by atoms with van der Waals surface area (Å²) in [4.78, 5) is 33.9. The van der Waals surface area contributed by atoms with Crippen molar-refractivity contribution in [3.63, 3.8) is 0 Å². The first kappa shape index (κ1) is 27.5. The molecular formula is C32H42ClN5O2. The van der Waals surface area contributed by atoms with E-state index in [2.05, 4.69) is 57.2 Å². The number of halogens is 1. The fraction of sp³-hybridized carbons (Fsp3) is 0.594. The fourth-order valence-electron chi connectivity index (χ4n) is 8.27. The maximum absolute atomic E-state index is 14.7. The van der Waals surface area contributed by atoms with Crippen LogP contribution in [0.2, 0.25) is 5.15 Å². The maximum Gasteiger partial charge on any atom is 0.315 e. The van der Waals surface area contributed by atoms with E-state index in [-0.39, 0.29) is 23.4 Å². The van der Waals surface area contributed by atoms with E-state index in [0.717, 1.165) is 50.0 Å². The van der Waals surface area contributed by atoms with Gasteiger partial charge < -0.3 is 20.9 Å². The summed E-state index contributed by atoms with van der Waals surface area (Å²) in [5, 5.41) is 9.71. The Morgan fingerprint density at radius 2 is 1.85 bits per heavy atom. The van der Waals surface area contributed by atoms with Gasteiger partial charge in [0.05, 0.1) is 17.7 Å². The molecule has 2 aliphatic heterocycles. The number of urea groups is 1. The minimum atomic E-state index is -0.349. The van der Waals surface area contributed by atoms with Crippen LogP contribution in [-0.2, 0) is 10.2 Å². The van der Waals surface area contributed by atoms with Gasteiger partial charge in [-0.25, -0.2) is 9.78 Å². The number of nitrogens with zero attached hydrogens (tertiary/aromatic N) is 2. The topological polar surface area (TPSA) is 86.4 Å². The van der Waals surface area contributed by atoms with Gasteiger partial charge in [-0.1, -0.05) is 67.3 Å². The van der Waals surface area contributed by atoms with Crippen LogP contribution < -0.4 is 16.0 Å². The molecule has 214 valence electrons. The molecule has 0 radical (unpaired) electrons. The third kappa shape index (κ3) is 5.11. The predicted molar refractivity (Wildman–Crippen MR) is 157 cm³/mol. The zero-order valence-electron chi connectivity index (χ0n) is 23.5. The molecule has 0 bridgehead atoms. The van der Waals surface area contributed by atoms with E-state index >= 15 is 0 Å². The van der Waals surface area contributed by atoms with Gasteiger partial charge in [0.25, 0.3) is 0 Å². The van der Waals surface area contributed by atoms with E-state index in [1.54, 1.807) is 7.05 Å². The number of piperidine rings is 1. The van der Waals surface area contributed by atoms with Crippen molar-refractivity contribution >= 4 is 23.5 Å². The second-order valence-corrected chi connectivity index (χ2v) is 12.7. The normalized spacial score (nSPS) is 30.6. The van der Waals surface area contributed by atoms with Gasteiger partial charge in [-0.2, -0.15) is 0 Å². The van der Waals surface area contributed by atoms with Crippen LogP contribution in [0.25, 0.3) is 0 Å². The molecule has 5 atom stereocenters. The quantitative estimate of drug-likeness (QED) is 0.440. The van der Waals surface area contributed by atoms with Crippen molar-refractivity contribution in [3.05, 3.63) is 64.4 Å². The molecule has 40 heavy (non-hydrogen) atoms. The SMILES string of the molecule is CNC(=O)NC1CCC2(CNCC2C(=O)N2CCC(c3ccccc3)CC2C2CCCCC2)c2ccc(Cl)nc21. The molecule has 3 fully saturated rings. The van der Waals surface area contributed by atoms with Gasteiger partial charge in [-0.15, -0.1) is 0 Å². The fourth-order valence-corrected chi connectivity index (χ4v) is 8.43. The molecule has 1 saturated carbocycles. The summed E-state index contributed by atoms with van der Waals surface area (Å²) in [5.41, 5.74) is 2.92. The third-order valence-electron chi connectivity index (χ3n) is 10.3. The summed E-state index contributed by atoms with van der Waals surface area (Å²) in [5.74, 6) is 1.22. The number of likely N-dealkylation sites (tertiary alicyclic amines) is 1. The van der Waals surface area contributed by atoms with Gasteiger partial charge >= 0.3 is 6.03 Å². The van der Waals surface area contributed by atoms with E-state index in [0.29, 0.717) is 35.5 Å². The Labute approximate surface area is 242 Å². The Morgan fingerprint density at radius 1 is 1.05 bits per heavy atom. The lowest BCUT2D eigenvalue weighted by Gasteiger charge is -2.48. The van der Waals surface area contributed by atoms with Crippen molar-refractivity contribution in [2.75, 3.05) is 26.7 Å². The van der Waals surface area contributed by atoms with Gasteiger partial charge in [0.2, 0.25) is 5.91 Å². The van der Waals surface area contributed by atoms with Crippen LogP contribution in [-0.4, -0.2) is 54.5 Å². The summed E-state index contributed by atoms with van der Waals surface area (Å²) in [7, 11) is 1.62. The number of hydrogen-bond donors (Lipinski definition) is 3. The number of amides is 3. The van der Waals surface area contributed by atoms with E-state index in [4.69, 9.17) is 16.6 Å². The highest BCUT2D eigenvalue weighted by Gasteiger charge is 2.54. The highest BCUT2D eigenvalue weighted by Crippen LogP contribution is 2.49. The lowest BCUT2D eigenvalue weighted by Crippen LogP contribution is -2.55. The van der Waals surface area contributed by atoms with Gasteiger partial charge in [0, 0.05) is 38.1 Å². The average molecular weight is 564 g/mol. The molecule has 1 aromatic heterocycles. The summed E-state index contributed by atoms with van der Waals surface area (Å²) in [6.45, 7) is 2.23. The maximum atomic E-state index is 14.7. The lowest BCUT2D eigenvalue weighted by molar-refractivity contribution is -0.143. The van der Waals surface area contributed by atoms with Crippen molar-refractivity contribution < 1.29 is 9.59 Å². The number of aromatic nitrogens is 1. The van der Waals surface area contributed by atoms with Crippen LogP contribution >= 0.6 is 11.6 Å². The van der Waals surface area contributed by atoms with E-state index in [1.165, 1.54) is 37.7 Å². The molecule has 7 nitrogen and oxygen atoms in total. The highest BCUT2D eigenvalue weighted by molar-refractivity contribution is 6.29. The molecule has 3 heterocycles. The van der Waals surface area contributed by atoms with Gasteiger partial charge in [0.1, 0.15) is 5.15 Å². The second-order valence-electron chi connectivity index (χ2n) is 12.4. The van der Waals surface area contributed by atoms with Crippen molar-refractivity contribution in [2.24, 2.45) is 11.8 Å². The van der Waals surface area contributed by atoms with Crippen LogP contribution in [0, 0.1) is 11.8 Å². The highest BCUT2D eigenvalue weighted by atomic mass is 35.5. The Hall–Kier alpha value is -2.64. The monoisotopic (exact) mass is 563 g/mol. The average Bonchev–Trinajstić information content (AvgIpc) is 3.43. The molecule has 6 rings (SSSR count). The molecule has 5 unspecified atom stereocenters. The number of hydrogen-bond acceptors (Lipinski definition) is 4. The minimum Gasteiger partial charge on any atom is -0.341 e. The molecule has 8 heteroatoms. The Kier molecular flexibility index (Phi) is 8.04. The largest absolute Gasteiger partial charge is 0.341 e. The standard InChI is InChI=1S/C32H42ClN5O2/c1-34-31(40)36-26-14-16-32(24-12-13-28(33)37-29(24)26)20-35-19-25(32)30(39)38-17-15-23(21-8-4-2-5-9-21)18-27(38)22-10-6-3-7-11-22/h2,4-5,8-9,12-13,22-23,25-27,35H,3,6-7,10-11,14-20H2,1H3,(H2,34,36,40). The lowest BCUT2D eigenvalue weighted by atomic mass is 9.63. The van der Waals surface area contributed by atoms with Crippen molar-refractivity contribution in [1.82, 2.24) is 25.8 Å². The minimum absolute atomic E-state index is 0.158. The first-order valence-electron chi connectivity index (χ1n) is 15.2. The number of carbonyl (C=O) groups is 2. The zero-order valence-corrected chi connectivity index (χ0v) is 24.3. The molecule has 1 aromatic carbocycles. The second kappa shape index (κ2) is 11.7. The van der Waals surface area contributed by atoms with Crippen LogP contribution in [0.15, 0.2) is 42.5 Å². The smallest absolute Gasteiger partial charge is 0.315 e. The van der Waals surface area contributed by atoms with Crippen molar-refractivity contribution in [1.29, 1.82) is 0 Å². The summed E-state index contributed by atoms with van der Waals surface area (Å²) >= 11 is 6.37. The molecule has 2 aromatic rings. The first-order valence-corrected chi connectivity index (χ1v) is 15.6. The number of fused-ring (bicyclic) bond motifs is 2. The number of nitrogens with one attached hydrogen (secondary N) is 3. The molecule has 2 aliphatic carbocycles. The van der Waals surface area contributed by atoms with E-state index < -0.39 is 0 Å². The molecule has 1 spiro atoms.